The highest BCUT2D eigenvalue weighted by molar-refractivity contribution is 5.81. The van der Waals surface area contributed by atoms with Gasteiger partial charge in [0, 0.05) is 18.3 Å². The number of rotatable bonds is 3. The van der Waals surface area contributed by atoms with Gasteiger partial charge in [-0.3, -0.25) is 0 Å². The number of benzene rings is 2. The maximum Gasteiger partial charge on any atom is 0.0991 e. The number of hydrogen-bond acceptors (Lipinski definition) is 2. The topological polar surface area (TPSA) is 49.0 Å². The Morgan fingerprint density at radius 1 is 1.14 bits per heavy atom. The van der Waals surface area contributed by atoms with Gasteiger partial charge in [-0.1, -0.05) is 12.1 Å². The molecule has 0 bridgehead atoms. The lowest BCUT2D eigenvalue weighted by Crippen LogP contribution is -2.00. The van der Waals surface area contributed by atoms with E-state index >= 15 is 0 Å². The van der Waals surface area contributed by atoms with Gasteiger partial charge in [-0.15, -0.1) is 0 Å². The van der Waals surface area contributed by atoms with Gasteiger partial charge in [-0.05, 0) is 59.3 Å². The molecule has 0 fully saturated rings. The van der Waals surface area contributed by atoms with Crippen molar-refractivity contribution in [3.8, 4) is 6.07 Å². The van der Waals surface area contributed by atoms with Crippen molar-refractivity contribution in [3.05, 3.63) is 70.9 Å². The maximum atomic E-state index is 9.19. The number of aryl methyl sites for hydroxylation is 1. The van der Waals surface area contributed by atoms with Crippen LogP contribution in [-0.4, -0.2) is 9.67 Å². The molecule has 0 atom stereocenters. The van der Waals surface area contributed by atoms with Gasteiger partial charge in [-0.25, -0.2) is 0 Å². The summed E-state index contributed by atoms with van der Waals surface area (Å²) in [6.07, 6.45) is 2.06. The van der Waals surface area contributed by atoms with E-state index in [9.17, 15) is 5.11 Å². The second-order valence-electron chi connectivity index (χ2n) is 5.25. The van der Waals surface area contributed by atoms with Crippen LogP contribution in [-0.2, 0) is 13.2 Å². The zero-order chi connectivity index (χ0) is 14.8. The van der Waals surface area contributed by atoms with Crippen molar-refractivity contribution in [2.75, 3.05) is 0 Å². The number of hydrogen-bond donors (Lipinski definition) is 1. The summed E-state index contributed by atoms with van der Waals surface area (Å²) >= 11 is 0. The normalized spacial score (nSPS) is 10.7. The summed E-state index contributed by atoms with van der Waals surface area (Å²) in [6, 6.07) is 16.0. The summed E-state index contributed by atoms with van der Waals surface area (Å²) in [4.78, 5) is 0. The van der Waals surface area contributed by atoms with Gasteiger partial charge in [-0.2, -0.15) is 5.26 Å². The van der Waals surface area contributed by atoms with Gasteiger partial charge in [0.15, 0.2) is 0 Å². The van der Waals surface area contributed by atoms with E-state index in [2.05, 4.69) is 22.9 Å². The van der Waals surface area contributed by atoms with Crippen LogP contribution in [0.2, 0.25) is 0 Å². The van der Waals surface area contributed by atoms with Crippen LogP contribution in [0.5, 0.6) is 0 Å². The van der Waals surface area contributed by atoms with Crippen LogP contribution in [0.15, 0.2) is 48.7 Å². The van der Waals surface area contributed by atoms with E-state index in [1.807, 2.05) is 43.3 Å². The van der Waals surface area contributed by atoms with E-state index in [1.54, 1.807) is 0 Å². The number of aliphatic hydroxyl groups excluding tert-OH is 1. The molecule has 21 heavy (non-hydrogen) atoms. The minimum Gasteiger partial charge on any atom is -0.392 e. The molecule has 0 aliphatic heterocycles. The minimum atomic E-state index is 0.0653. The molecule has 0 radical (unpaired) electrons. The molecule has 3 rings (SSSR count). The molecular weight excluding hydrogens is 260 g/mol. The Kier molecular flexibility index (Phi) is 3.47. The Morgan fingerprint density at radius 2 is 2.00 bits per heavy atom. The standard InChI is InChI=1S/C18H16N2O/c1-13-8-14(10-19)2-4-17(13)11-20-7-6-16-9-15(12-21)3-5-18(16)20/h2-9,21H,11-12H2,1H3. The fraction of sp³-hybridized carbons (Fsp3) is 0.167. The molecule has 104 valence electrons. The minimum absolute atomic E-state index is 0.0653. The Hall–Kier alpha value is -2.57. The highest BCUT2D eigenvalue weighted by Crippen LogP contribution is 2.20. The monoisotopic (exact) mass is 276 g/mol. The Morgan fingerprint density at radius 3 is 2.71 bits per heavy atom. The molecule has 1 N–H and O–H groups in total. The fourth-order valence-corrected chi connectivity index (χ4v) is 2.61. The largest absolute Gasteiger partial charge is 0.392 e. The third-order valence-electron chi connectivity index (χ3n) is 3.83. The lowest BCUT2D eigenvalue weighted by molar-refractivity contribution is 0.282. The van der Waals surface area contributed by atoms with Crippen molar-refractivity contribution in [1.82, 2.24) is 4.57 Å². The van der Waals surface area contributed by atoms with Crippen LogP contribution in [0.25, 0.3) is 10.9 Å². The molecule has 1 aromatic heterocycles. The summed E-state index contributed by atoms with van der Waals surface area (Å²) in [5, 5.41) is 19.2. The first-order valence-corrected chi connectivity index (χ1v) is 6.89. The predicted octanol–water partition coefficient (Wildman–Crippen LogP) is 3.36. The first-order chi connectivity index (χ1) is 10.2. The molecule has 0 spiro atoms. The van der Waals surface area contributed by atoms with Crippen LogP contribution in [0.1, 0.15) is 22.3 Å². The van der Waals surface area contributed by atoms with Crippen molar-refractivity contribution < 1.29 is 5.11 Å². The molecular formula is C18H16N2O. The predicted molar refractivity (Wildman–Crippen MR) is 82.9 cm³/mol. The first-order valence-electron chi connectivity index (χ1n) is 6.89. The number of fused-ring (bicyclic) bond motifs is 1. The van der Waals surface area contributed by atoms with Crippen molar-refractivity contribution in [2.45, 2.75) is 20.1 Å². The third kappa shape index (κ3) is 2.54. The summed E-state index contributed by atoms with van der Waals surface area (Å²) in [7, 11) is 0. The Bertz CT molecular complexity index is 840. The van der Waals surface area contributed by atoms with Crippen molar-refractivity contribution in [3.63, 3.8) is 0 Å². The summed E-state index contributed by atoms with van der Waals surface area (Å²) in [6.45, 7) is 2.88. The fourth-order valence-electron chi connectivity index (χ4n) is 2.61. The molecule has 0 aliphatic rings. The van der Waals surface area contributed by atoms with Gasteiger partial charge in [0.2, 0.25) is 0 Å². The van der Waals surface area contributed by atoms with Gasteiger partial charge in [0.1, 0.15) is 0 Å². The Balaban J connectivity index is 1.97. The molecule has 0 saturated carbocycles. The molecule has 3 aromatic rings. The quantitative estimate of drug-likeness (QED) is 0.797. The lowest BCUT2D eigenvalue weighted by atomic mass is 10.1. The number of nitriles is 1. The molecule has 3 nitrogen and oxygen atoms in total. The number of nitrogens with zero attached hydrogens (tertiary/aromatic N) is 2. The Labute approximate surface area is 123 Å². The van der Waals surface area contributed by atoms with Crippen LogP contribution >= 0.6 is 0 Å². The molecule has 2 aromatic carbocycles. The summed E-state index contributed by atoms with van der Waals surface area (Å²) in [5.74, 6) is 0. The van der Waals surface area contributed by atoms with Crippen molar-refractivity contribution in [2.24, 2.45) is 0 Å². The van der Waals surface area contributed by atoms with E-state index in [4.69, 9.17) is 5.26 Å². The van der Waals surface area contributed by atoms with E-state index in [1.165, 1.54) is 5.56 Å². The van der Waals surface area contributed by atoms with Crippen molar-refractivity contribution in [1.29, 1.82) is 5.26 Å². The summed E-state index contributed by atoms with van der Waals surface area (Å²) in [5.41, 5.74) is 5.10. The van der Waals surface area contributed by atoms with Gasteiger partial charge in [0.25, 0.3) is 0 Å². The van der Waals surface area contributed by atoms with Gasteiger partial charge in [0.05, 0.1) is 18.2 Å². The van der Waals surface area contributed by atoms with Gasteiger partial charge >= 0.3 is 0 Å². The molecule has 1 heterocycles. The van der Waals surface area contributed by atoms with Crippen molar-refractivity contribution >= 4 is 10.9 Å². The second-order valence-corrected chi connectivity index (χ2v) is 5.25. The van der Waals surface area contributed by atoms with E-state index in [-0.39, 0.29) is 6.61 Å². The average molecular weight is 276 g/mol. The SMILES string of the molecule is Cc1cc(C#N)ccc1Cn1ccc2cc(CO)ccc21. The maximum absolute atomic E-state index is 9.19. The van der Waals surface area contributed by atoms with Crippen LogP contribution in [0.3, 0.4) is 0 Å². The van der Waals surface area contributed by atoms with E-state index < -0.39 is 0 Å². The molecule has 0 saturated heterocycles. The molecule has 3 heteroatoms. The highest BCUT2D eigenvalue weighted by atomic mass is 16.3. The smallest absolute Gasteiger partial charge is 0.0991 e. The van der Waals surface area contributed by atoms with Gasteiger partial charge < -0.3 is 9.67 Å². The summed E-state index contributed by atoms with van der Waals surface area (Å²) < 4.78 is 2.19. The van der Waals surface area contributed by atoms with E-state index in [0.717, 1.165) is 28.6 Å². The number of aliphatic hydroxyl groups is 1. The van der Waals surface area contributed by atoms with Crippen LogP contribution in [0.4, 0.5) is 0 Å². The molecule has 0 unspecified atom stereocenters. The number of aromatic nitrogens is 1. The highest BCUT2D eigenvalue weighted by Gasteiger charge is 2.05. The lowest BCUT2D eigenvalue weighted by Gasteiger charge is -2.09. The first kappa shape index (κ1) is 13.4. The third-order valence-corrected chi connectivity index (χ3v) is 3.83. The zero-order valence-corrected chi connectivity index (χ0v) is 11.9. The molecule has 0 amide bonds. The van der Waals surface area contributed by atoms with Crippen LogP contribution in [0, 0.1) is 18.3 Å². The average Bonchev–Trinajstić information content (AvgIpc) is 2.91. The second kappa shape index (κ2) is 5.43. The van der Waals surface area contributed by atoms with E-state index in [0.29, 0.717) is 5.56 Å². The zero-order valence-electron chi connectivity index (χ0n) is 11.9. The molecule has 0 aliphatic carbocycles. The van der Waals surface area contributed by atoms with Crippen LogP contribution < -0.4 is 0 Å².